The Morgan fingerprint density at radius 1 is 1.06 bits per heavy atom. The van der Waals surface area contributed by atoms with Crippen LogP contribution in [0.25, 0.3) is 0 Å². The number of likely N-dealkylation sites (N-methyl/N-ethyl adjacent to an activating group) is 1. The number of carbonyl (C=O) groups excluding carboxylic acids is 2. The van der Waals surface area contributed by atoms with Gasteiger partial charge in [-0.3, -0.25) is 4.79 Å². The minimum absolute atomic E-state index is 0.000737. The molecule has 0 bridgehead atoms. The van der Waals surface area contributed by atoms with Crippen LogP contribution < -0.4 is 15.4 Å². The van der Waals surface area contributed by atoms with Crippen molar-refractivity contribution in [3.8, 4) is 5.75 Å². The molecule has 288 valence electrons. The Morgan fingerprint density at radius 2 is 1.77 bits per heavy atom. The molecule has 4 rings (SSSR count). The molecule has 2 aliphatic heterocycles. The van der Waals surface area contributed by atoms with E-state index < -0.39 is 64.6 Å². The fraction of sp³-hybridized carbons (Fsp3) is 0.583. The number of nitrogens with zero attached hydrogens (tertiary/aromatic N) is 2. The van der Waals surface area contributed by atoms with Gasteiger partial charge < -0.3 is 44.7 Å². The van der Waals surface area contributed by atoms with Crippen LogP contribution in [0.5, 0.6) is 5.75 Å². The van der Waals surface area contributed by atoms with Crippen LogP contribution in [-0.4, -0.2) is 124 Å². The standard InChI is InChI=1S/C36H52N4O11S/c1-5-40(35(45)51-31-23-50-33-28(31)16-19-49-33)29(20-25-10-7-6-8-11-25)30(41)22-39(52(46,47)27-14-12-26(48-4)13-15-27)24-36(2,3)17-9-18-37-34(44)38-21-32(42)43/h6-8,10-15,28-31,33,41H,5,9,16-24H2,1-4H3,(H,42,43)(H2,37,38,44)/t28-,29-,30+,31-,33+/m0/s1. The Morgan fingerprint density at radius 3 is 2.42 bits per heavy atom. The molecule has 0 radical (unpaired) electrons. The summed E-state index contributed by atoms with van der Waals surface area (Å²) < 4.78 is 52.3. The molecule has 2 aromatic rings. The molecule has 16 heteroatoms. The van der Waals surface area contributed by atoms with E-state index in [0.717, 1.165) is 5.56 Å². The van der Waals surface area contributed by atoms with E-state index in [1.807, 2.05) is 44.2 Å². The second-order valence-corrected chi connectivity index (χ2v) is 15.7. The number of methoxy groups -OCH3 is 1. The number of sulfonamides is 1. The van der Waals surface area contributed by atoms with Gasteiger partial charge in [0, 0.05) is 26.2 Å². The zero-order valence-corrected chi connectivity index (χ0v) is 31.0. The molecule has 0 aromatic heterocycles. The summed E-state index contributed by atoms with van der Waals surface area (Å²) in [6, 6.07) is 13.9. The summed E-state index contributed by atoms with van der Waals surface area (Å²) >= 11 is 0. The molecule has 3 amide bonds. The molecule has 0 aliphatic carbocycles. The van der Waals surface area contributed by atoms with Crippen LogP contribution in [0.3, 0.4) is 0 Å². The normalized spacial score (nSPS) is 19.8. The molecule has 2 heterocycles. The number of aliphatic hydroxyl groups excluding tert-OH is 1. The molecule has 2 saturated heterocycles. The lowest BCUT2D eigenvalue weighted by Crippen LogP contribution is -2.54. The molecule has 2 aromatic carbocycles. The molecule has 5 atom stereocenters. The van der Waals surface area contributed by atoms with Gasteiger partial charge in [-0.2, -0.15) is 4.31 Å². The first-order valence-electron chi connectivity index (χ1n) is 17.5. The third kappa shape index (κ3) is 11.3. The van der Waals surface area contributed by atoms with Crippen LogP contribution in [0.4, 0.5) is 9.59 Å². The van der Waals surface area contributed by atoms with E-state index in [2.05, 4.69) is 10.6 Å². The van der Waals surface area contributed by atoms with Crippen LogP contribution in [-0.2, 0) is 35.4 Å². The van der Waals surface area contributed by atoms with E-state index >= 15 is 0 Å². The Balaban J connectivity index is 1.57. The first-order valence-corrected chi connectivity index (χ1v) is 19.0. The van der Waals surface area contributed by atoms with Crippen LogP contribution in [0.1, 0.15) is 45.6 Å². The Kier molecular flexibility index (Phi) is 14.7. The SMILES string of the molecule is CCN(C(=O)O[C@H]1CO[C@H]2OCC[C@H]21)[C@@H](Cc1ccccc1)[C@H](O)CN(CC(C)(C)CCCNC(=O)NCC(=O)O)S(=O)(=O)c1ccc(OC)cc1. The number of aliphatic carboxylic acids is 1. The van der Waals surface area contributed by atoms with Crippen molar-refractivity contribution >= 4 is 28.1 Å². The minimum atomic E-state index is -4.18. The molecule has 2 fully saturated rings. The number of fused-ring (bicyclic) bond motifs is 1. The summed E-state index contributed by atoms with van der Waals surface area (Å²) in [4.78, 5) is 37.9. The molecule has 0 spiro atoms. The number of urea groups is 1. The highest BCUT2D eigenvalue weighted by molar-refractivity contribution is 7.89. The first kappa shape index (κ1) is 40.8. The van der Waals surface area contributed by atoms with E-state index in [4.69, 9.17) is 24.1 Å². The van der Waals surface area contributed by atoms with Crippen molar-refractivity contribution in [2.75, 3.05) is 53.0 Å². The van der Waals surface area contributed by atoms with Gasteiger partial charge in [-0.05, 0) is 67.9 Å². The van der Waals surface area contributed by atoms with E-state index in [-0.39, 0.29) is 50.0 Å². The second kappa shape index (κ2) is 18.7. The quantitative estimate of drug-likeness (QED) is 0.154. The first-order chi connectivity index (χ1) is 24.7. The summed E-state index contributed by atoms with van der Waals surface area (Å²) in [7, 11) is -2.70. The lowest BCUT2D eigenvalue weighted by molar-refractivity contribution is -0.135. The van der Waals surface area contributed by atoms with Crippen LogP contribution in [0.15, 0.2) is 59.5 Å². The van der Waals surface area contributed by atoms with E-state index in [1.54, 1.807) is 19.1 Å². The molecule has 52 heavy (non-hydrogen) atoms. The average Bonchev–Trinajstić information content (AvgIpc) is 3.74. The van der Waals surface area contributed by atoms with E-state index in [1.165, 1.54) is 28.4 Å². The van der Waals surface area contributed by atoms with Crippen LogP contribution >= 0.6 is 0 Å². The highest BCUT2D eigenvalue weighted by Crippen LogP contribution is 2.34. The van der Waals surface area contributed by atoms with Crippen molar-refractivity contribution in [1.29, 1.82) is 0 Å². The zero-order chi connectivity index (χ0) is 37.9. The van der Waals surface area contributed by atoms with Gasteiger partial charge >= 0.3 is 18.1 Å². The maximum atomic E-state index is 14.3. The number of amides is 3. The Labute approximate surface area is 305 Å². The van der Waals surface area contributed by atoms with Crippen molar-refractivity contribution in [2.45, 2.75) is 75.9 Å². The topological polar surface area (TPSA) is 193 Å². The fourth-order valence-electron chi connectivity index (χ4n) is 6.57. The number of carboxylic acid groups (broad SMARTS) is 1. The number of hydrogen-bond donors (Lipinski definition) is 4. The van der Waals surface area contributed by atoms with Crippen LogP contribution in [0, 0.1) is 11.3 Å². The third-order valence-corrected chi connectivity index (χ3v) is 11.2. The monoisotopic (exact) mass is 748 g/mol. The van der Waals surface area contributed by atoms with Gasteiger partial charge in [-0.1, -0.05) is 44.2 Å². The number of nitrogens with one attached hydrogen (secondary N) is 2. The summed E-state index contributed by atoms with van der Waals surface area (Å²) in [5.41, 5.74) is 0.204. The number of aliphatic hydroxyl groups is 1. The number of rotatable bonds is 19. The summed E-state index contributed by atoms with van der Waals surface area (Å²) in [6.45, 7) is 5.86. The van der Waals surface area contributed by atoms with Gasteiger partial charge in [0.1, 0.15) is 18.4 Å². The number of carbonyl (C=O) groups is 3. The second-order valence-electron chi connectivity index (χ2n) is 13.8. The van der Waals surface area contributed by atoms with Crippen molar-refractivity contribution in [1.82, 2.24) is 19.8 Å². The molecule has 4 N–H and O–H groups in total. The molecular weight excluding hydrogens is 696 g/mol. The highest BCUT2D eigenvalue weighted by Gasteiger charge is 2.45. The largest absolute Gasteiger partial charge is 0.497 e. The molecular formula is C36H52N4O11S. The smallest absolute Gasteiger partial charge is 0.410 e. The predicted molar refractivity (Wildman–Crippen MR) is 190 cm³/mol. The molecule has 2 aliphatic rings. The van der Waals surface area contributed by atoms with Gasteiger partial charge in [0.15, 0.2) is 6.29 Å². The maximum absolute atomic E-state index is 14.3. The fourth-order valence-corrected chi connectivity index (χ4v) is 8.22. The Hall–Kier alpha value is -3.96. The predicted octanol–water partition coefficient (Wildman–Crippen LogP) is 3.07. The summed E-state index contributed by atoms with van der Waals surface area (Å²) in [5, 5.41) is 25.7. The van der Waals surface area contributed by atoms with Crippen molar-refractivity contribution < 1.29 is 52.0 Å². The summed E-state index contributed by atoms with van der Waals surface area (Å²) in [5.74, 6) is -0.766. The molecule has 0 unspecified atom stereocenters. The maximum Gasteiger partial charge on any atom is 0.410 e. The van der Waals surface area contributed by atoms with Gasteiger partial charge in [-0.25, -0.2) is 18.0 Å². The highest BCUT2D eigenvalue weighted by atomic mass is 32.2. The lowest BCUT2D eigenvalue weighted by atomic mass is 9.87. The molecule has 15 nitrogen and oxygen atoms in total. The van der Waals surface area contributed by atoms with Crippen LogP contribution in [0.2, 0.25) is 0 Å². The number of hydrogen-bond acceptors (Lipinski definition) is 10. The zero-order valence-electron chi connectivity index (χ0n) is 30.2. The summed E-state index contributed by atoms with van der Waals surface area (Å²) in [6.07, 6.45) is -1.00. The average molecular weight is 749 g/mol. The number of ether oxygens (including phenoxy) is 4. The number of carboxylic acids is 1. The van der Waals surface area contributed by atoms with Gasteiger partial charge in [0.2, 0.25) is 10.0 Å². The number of benzene rings is 2. The van der Waals surface area contributed by atoms with Crippen molar-refractivity contribution in [3.05, 3.63) is 60.2 Å². The lowest BCUT2D eigenvalue weighted by Gasteiger charge is -2.38. The van der Waals surface area contributed by atoms with Gasteiger partial charge in [0.05, 0.1) is 43.3 Å². The third-order valence-electron chi connectivity index (χ3n) is 9.35. The van der Waals surface area contributed by atoms with Crippen molar-refractivity contribution in [2.24, 2.45) is 11.3 Å². The Bertz CT molecular complexity index is 1580. The van der Waals surface area contributed by atoms with Gasteiger partial charge in [0.25, 0.3) is 0 Å². The molecule has 0 saturated carbocycles. The van der Waals surface area contributed by atoms with Crippen molar-refractivity contribution in [3.63, 3.8) is 0 Å². The van der Waals surface area contributed by atoms with E-state index in [0.29, 0.717) is 31.6 Å². The van der Waals surface area contributed by atoms with Gasteiger partial charge in [-0.15, -0.1) is 0 Å². The van der Waals surface area contributed by atoms with E-state index in [9.17, 15) is 27.9 Å². The minimum Gasteiger partial charge on any atom is -0.497 e.